The zero-order chi connectivity index (χ0) is 12.8. The predicted molar refractivity (Wildman–Crippen MR) is 76.7 cm³/mol. The fourth-order valence-corrected chi connectivity index (χ4v) is 2.02. The summed E-state index contributed by atoms with van der Waals surface area (Å²) in [6.45, 7) is 0.554. The fraction of sp³-hybridized carbons (Fsp3) is 0.133. The number of benzene rings is 2. The molecule has 2 aromatic rings. The maximum absolute atomic E-state index is 12.0. The number of rotatable bonds is 4. The van der Waals surface area contributed by atoms with Crippen molar-refractivity contribution in [3.8, 4) is 0 Å². The van der Waals surface area contributed by atoms with Gasteiger partial charge in [0.25, 0.3) is 5.91 Å². The van der Waals surface area contributed by atoms with Crippen LogP contribution < -0.4 is 5.32 Å². The van der Waals surface area contributed by atoms with Crippen molar-refractivity contribution >= 4 is 21.8 Å². The lowest BCUT2D eigenvalue weighted by Gasteiger charge is -2.06. The van der Waals surface area contributed by atoms with E-state index in [1.54, 1.807) is 0 Å². The van der Waals surface area contributed by atoms with Crippen LogP contribution >= 0.6 is 15.9 Å². The Kier molecular flexibility index (Phi) is 4.53. The van der Waals surface area contributed by atoms with E-state index in [2.05, 4.69) is 21.2 Å². The van der Waals surface area contributed by atoms with Gasteiger partial charge < -0.3 is 5.32 Å². The Balaban J connectivity index is 1.99. The van der Waals surface area contributed by atoms with E-state index in [0.717, 1.165) is 16.5 Å². The molecular weight excluding hydrogens is 290 g/mol. The van der Waals surface area contributed by atoms with E-state index >= 15 is 0 Å². The van der Waals surface area contributed by atoms with Gasteiger partial charge in [0.2, 0.25) is 0 Å². The van der Waals surface area contributed by atoms with Gasteiger partial charge in [-0.05, 0) is 23.3 Å². The average molecular weight is 304 g/mol. The number of hydrogen-bond acceptors (Lipinski definition) is 1. The molecule has 1 amide bonds. The average Bonchev–Trinajstić information content (AvgIpc) is 2.46. The van der Waals surface area contributed by atoms with Crippen molar-refractivity contribution in [1.82, 2.24) is 5.32 Å². The summed E-state index contributed by atoms with van der Waals surface area (Å²) in [5.41, 5.74) is 2.90. The molecule has 0 aliphatic heterocycles. The summed E-state index contributed by atoms with van der Waals surface area (Å²) in [5.74, 6) is -0.0401. The second-order valence-electron chi connectivity index (χ2n) is 4.00. The van der Waals surface area contributed by atoms with Crippen LogP contribution in [0.25, 0.3) is 0 Å². The quantitative estimate of drug-likeness (QED) is 0.861. The molecule has 3 heteroatoms. The highest BCUT2D eigenvalue weighted by Gasteiger charge is 2.05. The second kappa shape index (κ2) is 6.36. The van der Waals surface area contributed by atoms with Crippen LogP contribution in [0.3, 0.4) is 0 Å². The molecule has 0 unspecified atom stereocenters. The van der Waals surface area contributed by atoms with E-state index in [4.69, 9.17) is 0 Å². The molecule has 0 fully saturated rings. The number of carbonyl (C=O) groups is 1. The first-order chi connectivity index (χ1) is 8.79. The molecule has 18 heavy (non-hydrogen) atoms. The largest absolute Gasteiger partial charge is 0.348 e. The Morgan fingerprint density at radius 2 is 1.72 bits per heavy atom. The first kappa shape index (κ1) is 12.8. The number of amides is 1. The van der Waals surface area contributed by atoms with Gasteiger partial charge in [-0.1, -0.05) is 58.4 Å². The van der Waals surface area contributed by atoms with Crippen molar-refractivity contribution in [3.05, 3.63) is 71.3 Å². The minimum Gasteiger partial charge on any atom is -0.348 e. The summed E-state index contributed by atoms with van der Waals surface area (Å²) in [4.78, 5) is 12.0. The standard InChI is InChI=1S/C15H14BrNO/c16-10-13-7-4-8-14(9-13)15(18)17-11-12-5-2-1-3-6-12/h1-9H,10-11H2,(H,17,18). The van der Waals surface area contributed by atoms with Crippen LogP contribution in [0.1, 0.15) is 21.5 Å². The first-order valence-electron chi connectivity index (χ1n) is 5.76. The number of alkyl halides is 1. The zero-order valence-corrected chi connectivity index (χ0v) is 11.5. The number of halogens is 1. The molecule has 92 valence electrons. The van der Waals surface area contributed by atoms with Crippen LogP contribution in [0.15, 0.2) is 54.6 Å². The van der Waals surface area contributed by atoms with E-state index in [0.29, 0.717) is 12.1 Å². The molecule has 0 aromatic heterocycles. The summed E-state index contributed by atoms with van der Waals surface area (Å²) in [7, 11) is 0. The van der Waals surface area contributed by atoms with Crippen LogP contribution in [-0.4, -0.2) is 5.91 Å². The number of nitrogens with one attached hydrogen (secondary N) is 1. The summed E-state index contributed by atoms with van der Waals surface area (Å²) in [5, 5.41) is 3.67. The maximum Gasteiger partial charge on any atom is 0.251 e. The molecule has 0 aliphatic carbocycles. The molecule has 0 heterocycles. The minimum absolute atomic E-state index is 0.0401. The molecule has 0 atom stereocenters. The van der Waals surface area contributed by atoms with Crippen LogP contribution in [0.4, 0.5) is 0 Å². The smallest absolute Gasteiger partial charge is 0.251 e. The third-order valence-corrected chi connectivity index (χ3v) is 3.29. The number of carbonyl (C=O) groups excluding carboxylic acids is 1. The highest BCUT2D eigenvalue weighted by molar-refractivity contribution is 9.08. The minimum atomic E-state index is -0.0401. The van der Waals surface area contributed by atoms with Crippen LogP contribution in [0, 0.1) is 0 Å². The monoisotopic (exact) mass is 303 g/mol. The van der Waals surface area contributed by atoms with Crippen molar-refractivity contribution in [3.63, 3.8) is 0 Å². The SMILES string of the molecule is O=C(NCc1ccccc1)c1cccc(CBr)c1. The molecule has 0 bridgehead atoms. The molecule has 0 saturated heterocycles. The summed E-state index contributed by atoms with van der Waals surface area (Å²) >= 11 is 3.38. The Bertz CT molecular complexity index is 525. The molecule has 2 rings (SSSR count). The van der Waals surface area contributed by atoms with E-state index in [9.17, 15) is 4.79 Å². The number of hydrogen-bond donors (Lipinski definition) is 1. The van der Waals surface area contributed by atoms with Gasteiger partial charge in [0.15, 0.2) is 0 Å². The van der Waals surface area contributed by atoms with E-state index in [-0.39, 0.29) is 5.91 Å². The third kappa shape index (κ3) is 3.44. The Labute approximate surface area is 115 Å². The van der Waals surface area contributed by atoms with Crippen molar-refractivity contribution in [2.75, 3.05) is 0 Å². The van der Waals surface area contributed by atoms with Gasteiger partial charge in [-0.2, -0.15) is 0 Å². The molecule has 0 spiro atoms. The van der Waals surface area contributed by atoms with Crippen molar-refractivity contribution < 1.29 is 4.79 Å². The van der Waals surface area contributed by atoms with Gasteiger partial charge in [-0.25, -0.2) is 0 Å². The van der Waals surface area contributed by atoms with Crippen molar-refractivity contribution in [1.29, 1.82) is 0 Å². The van der Waals surface area contributed by atoms with Gasteiger partial charge in [0, 0.05) is 17.4 Å². The Morgan fingerprint density at radius 3 is 2.44 bits per heavy atom. The molecule has 2 nitrogen and oxygen atoms in total. The first-order valence-corrected chi connectivity index (χ1v) is 6.89. The molecule has 0 radical (unpaired) electrons. The van der Waals surface area contributed by atoms with Gasteiger partial charge >= 0.3 is 0 Å². The lowest BCUT2D eigenvalue weighted by molar-refractivity contribution is 0.0951. The maximum atomic E-state index is 12.0. The van der Waals surface area contributed by atoms with Crippen molar-refractivity contribution in [2.24, 2.45) is 0 Å². The summed E-state index contributed by atoms with van der Waals surface area (Å²) < 4.78 is 0. The van der Waals surface area contributed by atoms with Gasteiger partial charge in [-0.15, -0.1) is 0 Å². The Hall–Kier alpha value is -1.61. The highest BCUT2D eigenvalue weighted by Crippen LogP contribution is 2.09. The molecular formula is C15H14BrNO. The van der Waals surface area contributed by atoms with Gasteiger partial charge in [-0.3, -0.25) is 4.79 Å². The van der Waals surface area contributed by atoms with Gasteiger partial charge in [0.1, 0.15) is 0 Å². The summed E-state index contributed by atoms with van der Waals surface area (Å²) in [6.07, 6.45) is 0. The third-order valence-electron chi connectivity index (χ3n) is 2.64. The molecule has 0 aliphatic rings. The van der Waals surface area contributed by atoms with Crippen LogP contribution in [-0.2, 0) is 11.9 Å². The molecule has 1 N–H and O–H groups in total. The second-order valence-corrected chi connectivity index (χ2v) is 4.56. The molecule has 2 aromatic carbocycles. The summed E-state index contributed by atoms with van der Waals surface area (Å²) in [6, 6.07) is 17.5. The van der Waals surface area contributed by atoms with E-state index in [1.807, 2.05) is 54.6 Å². The topological polar surface area (TPSA) is 29.1 Å². The van der Waals surface area contributed by atoms with Crippen LogP contribution in [0.2, 0.25) is 0 Å². The molecule has 0 saturated carbocycles. The Morgan fingerprint density at radius 1 is 1.00 bits per heavy atom. The van der Waals surface area contributed by atoms with E-state index in [1.165, 1.54) is 0 Å². The fourth-order valence-electron chi connectivity index (χ4n) is 1.68. The zero-order valence-electron chi connectivity index (χ0n) is 9.90. The van der Waals surface area contributed by atoms with Crippen LogP contribution in [0.5, 0.6) is 0 Å². The lowest BCUT2D eigenvalue weighted by Crippen LogP contribution is -2.22. The van der Waals surface area contributed by atoms with E-state index < -0.39 is 0 Å². The predicted octanol–water partition coefficient (Wildman–Crippen LogP) is 3.51. The lowest BCUT2D eigenvalue weighted by atomic mass is 10.1. The normalized spacial score (nSPS) is 10.1. The van der Waals surface area contributed by atoms with Gasteiger partial charge in [0.05, 0.1) is 0 Å². The highest BCUT2D eigenvalue weighted by atomic mass is 79.9. The van der Waals surface area contributed by atoms with Crippen molar-refractivity contribution in [2.45, 2.75) is 11.9 Å².